The predicted octanol–water partition coefficient (Wildman–Crippen LogP) is 2.88. The maximum absolute atomic E-state index is 9.97. The van der Waals surface area contributed by atoms with Crippen molar-refractivity contribution in [3.05, 3.63) is 24.8 Å². The highest BCUT2D eigenvalue weighted by atomic mass is 16.1. The van der Waals surface area contributed by atoms with Crippen molar-refractivity contribution in [2.45, 2.75) is 32.1 Å². The van der Waals surface area contributed by atoms with Crippen molar-refractivity contribution in [3.8, 4) is 11.8 Å². The molecule has 0 fully saturated rings. The third kappa shape index (κ3) is 10.7. The fourth-order valence-electron chi connectivity index (χ4n) is 0.916. The summed E-state index contributed by atoms with van der Waals surface area (Å²) in [5.41, 5.74) is 0. The SMILES string of the molecule is C=CC#C/C=C/CCCCCC=O. The highest BCUT2D eigenvalue weighted by Gasteiger charge is 1.85. The summed E-state index contributed by atoms with van der Waals surface area (Å²) >= 11 is 0. The van der Waals surface area contributed by atoms with E-state index >= 15 is 0 Å². The predicted molar refractivity (Wildman–Crippen MR) is 56.3 cm³/mol. The largest absolute Gasteiger partial charge is 0.303 e. The molecule has 0 bridgehead atoms. The van der Waals surface area contributed by atoms with E-state index in [1.807, 2.05) is 6.08 Å². The average molecular weight is 176 g/mol. The molecule has 0 aromatic heterocycles. The molecule has 13 heavy (non-hydrogen) atoms. The van der Waals surface area contributed by atoms with Gasteiger partial charge in [-0.2, -0.15) is 0 Å². The molecule has 1 nitrogen and oxygen atoms in total. The van der Waals surface area contributed by atoms with Crippen molar-refractivity contribution in [1.29, 1.82) is 0 Å². The van der Waals surface area contributed by atoms with Crippen LogP contribution in [0, 0.1) is 11.8 Å². The van der Waals surface area contributed by atoms with Gasteiger partial charge < -0.3 is 4.79 Å². The lowest BCUT2D eigenvalue weighted by Crippen LogP contribution is -1.77. The second-order valence-electron chi connectivity index (χ2n) is 2.70. The van der Waals surface area contributed by atoms with Crippen LogP contribution in [0.3, 0.4) is 0 Å². The van der Waals surface area contributed by atoms with Crippen LogP contribution >= 0.6 is 0 Å². The van der Waals surface area contributed by atoms with Crippen molar-refractivity contribution in [1.82, 2.24) is 0 Å². The monoisotopic (exact) mass is 176 g/mol. The van der Waals surface area contributed by atoms with E-state index in [2.05, 4.69) is 24.5 Å². The van der Waals surface area contributed by atoms with E-state index in [9.17, 15) is 4.79 Å². The third-order valence-corrected chi connectivity index (χ3v) is 1.58. The lowest BCUT2D eigenvalue weighted by molar-refractivity contribution is -0.107. The molecular weight excluding hydrogens is 160 g/mol. The van der Waals surface area contributed by atoms with Crippen molar-refractivity contribution in [2.24, 2.45) is 0 Å². The Morgan fingerprint density at radius 3 is 2.54 bits per heavy atom. The molecule has 0 saturated heterocycles. The zero-order chi connectivity index (χ0) is 9.78. The second kappa shape index (κ2) is 10.7. The summed E-state index contributed by atoms with van der Waals surface area (Å²) in [6.07, 6.45) is 11.5. The normalized spacial score (nSPS) is 9.23. The minimum Gasteiger partial charge on any atom is -0.303 e. The first kappa shape index (κ1) is 11.7. The Hall–Kier alpha value is -1.29. The Labute approximate surface area is 80.5 Å². The van der Waals surface area contributed by atoms with E-state index in [4.69, 9.17) is 0 Å². The van der Waals surface area contributed by atoms with Crippen molar-refractivity contribution in [2.75, 3.05) is 0 Å². The Morgan fingerprint density at radius 2 is 1.85 bits per heavy atom. The lowest BCUT2D eigenvalue weighted by atomic mass is 10.1. The van der Waals surface area contributed by atoms with Gasteiger partial charge in [0.15, 0.2) is 0 Å². The van der Waals surface area contributed by atoms with E-state index < -0.39 is 0 Å². The van der Waals surface area contributed by atoms with Gasteiger partial charge in [0.2, 0.25) is 0 Å². The highest BCUT2D eigenvalue weighted by molar-refractivity contribution is 5.48. The van der Waals surface area contributed by atoms with Gasteiger partial charge in [-0.1, -0.05) is 30.9 Å². The molecule has 0 unspecified atom stereocenters. The molecule has 0 amide bonds. The molecule has 1 heteroatoms. The minimum absolute atomic E-state index is 0.694. The topological polar surface area (TPSA) is 17.1 Å². The summed E-state index contributed by atoms with van der Waals surface area (Å²) in [4.78, 5) is 9.97. The van der Waals surface area contributed by atoms with Gasteiger partial charge in [0, 0.05) is 6.42 Å². The summed E-state index contributed by atoms with van der Waals surface area (Å²) in [6.45, 7) is 3.49. The number of hydrogen-bond donors (Lipinski definition) is 0. The Kier molecular flexibility index (Phi) is 9.65. The fraction of sp³-hybridized carbons (Fsp3) is 0.417. The molecule has 0 aliphatic rings. The minimum atomic E-state index is 0.694. The maximum Gasteiger partial charge on any atom is 0.119 e. The first-order valence-electron chi connectivity index (χ1n) is 4.62. The summed E-state index contributed by atoms with van der Waals surface area (Å²) in [7, 11) is 0. The van der Waals surface area contributed by atoms with Crippen LogP contribution in [0.4, 0.5) is 0 Å². The van der Waals surface area contributed by atoms with Crippen LogP contribution in [0.2, 0.25) is 0 Å². The van der Waals surface area contributed by atoms with Crippen LogP contribution in [0.25, 0.3) is 0 Å². The van der Waals surface area contributed by atoms with Crippen molar-refractivity contribution >= 4 is 6.29 Å². The van der Waals surface area contributed by atoms with Gasteiger partial charge >= 0.3 is 0 Å². The number of aldehydes is 1. The van der Waals surface area contributed by atoms with Crippen molar-refractivity contribution < 1.29 is 4.79 Å². The Morgan fingerprint density at radius 1 is 1.08 bits per heavy atom. The van der Waals surface area contributed by atoms with Crippen LogP contribution in [0.15, 0.2) is 24.8 Å². The van der Waals surface area contributed by atoms with Crippen LogP contribution in [-0.2, 0) is 4.79 Å². The molecule has 0 N–H and O–H groups in total. The average Bonchev–Trinajstić information content (AvgIpc) is 2.16. The van der Waals surface area contributed by atoms with Crippen LogP contribution in [0.1, 0.15) is 32.1 Å². The number of allylic oxidation sites excluding steroid dienone is 3. The number of carbonyl (C=O) groups is 1. The maximum atomic E-state index is 9.97. The molecule has 0 aliphatic carbocycles. The molecule has 0 saturated carbocycles. The highest BCUT2D eigenvalue weighted by Crippen LogP contribution is 2.01. The van der Waals surface area contributed by atoms with Gasteiger partial charge in [-0.05, 0) is 31.4 Å². The standard InChI is InChI=1S/C12H16O/c1-2-3-4-5-6-7-8-9-10-11-12-13/h2,5-6,12H,1,7-11H2/b6-5+. The molecule has 0 atom stereocenters. The van der Waals surface area contributed by atoms with E-state index in [1.54, 1.807) is 6.08 Å². The molecule has 0 radical (unpaired) electrons. The number of hydrogen-bond acceptors (Lipinski definition) is 1. The third-order valence-electron chi connectivity index (χ3n) is 1.58. The number of rotatable bonds is 6. The molecule has 0 aliphatic heterocycles. The zero-order valence-corrected chi connectivity index (χ0v) is 7.96. The quantitative estimate of drug-likeness (QED) is 0.345. The first-order valence-corrected chi connectivity index (χ1v) is 4.62. The van der Waals surface area contributed by atoms with Crippen LogP contribution in [0.5, 0.6) is 0 Å². The molecule has 0 rings (SSSR count). The second-order valence-corrected chi connectivity index (χ2v) is 2.70. The van der Waals surface area contributed by atoms with Gasteiger partial charge in [-0.15, -0.1) is 0 Å². The van der Waals surface area contributed by atoms with E-state index in [0.29, 0.717) is 6.42 Å². The summed E-state index contributed by atoms with van der Waals surface area (Å²) in [6, 6.07) is 0. The van der Waals surface area contributed by atoms with Gasteiger partial charge in [0.1, 0.15) is 6.29 Å². The van der Waals surface area contributed by atoms with Crippen LogP contribution < -0.4 is 0 Å². The lowest BCUT2D eigenvalue weighted by Gasteiger charge is -1.92. The van der Waals surface area contributed by atoms with Gasteiger partial charge in [-0.3, -0.25) is 0 Å². The molecule has 70 valence electrons. The summed E-state index contributed by atoms with van der Waals surface area (Å²) < 4.78 is 0. The van der Waals surface area contributed by atoms with Crippen LogP contribution in [-0.4, -0.2) is 6.29 Å². The molecular formula is C12H16O. The van der Waals surface area contributed by atoms with Gasteiger partial charge in [-0.25, -0.2) is 0 Å². The number of unbranched alkanes of at least 4 members (excludes halogenated alkanes) is 4. The summed E-state index contributed by atoms with van der Waals surface area (Å²) in [5.74, 6) is 5.57. The first-order chi connectivity index (χ1) is 6.41. The smallest absolute Gasteiger partial charge is 0.119 e. The Bertz CT molecular complexity index is 215. The number of carbonyl (C=O) groups excluding carboxylic acids is 1. The van der Waals surface area contributed by atoms with Crippen molar-refractivity contribution in [3.63, 3.8) is 0 Å². The van der Waals surface area contributed by atoms with Gasteiger partial charge in [0.05, 0.1) is 0 Å². The molecule has 0 heterocycles. The molecule has 0 aromatic rings. The Balaban J connectivity index is 3.19. The van der Waals surface area contributed by atoms with E-state index in [-0.39, 0.29) is 0 Å². The van der Waals surface area contributed by atoms with Gasteiger partial charge in [0.25, 0.3) is 0 Å². The summed E-state index contributed by atoms with van der Waals surface area (Å²) in [5, 5.41) is 0. The molecule has 0 spiro atoms. The van der Waals surface area contributed by atoms with E-state index in [0.717, 1.165) is 32.0 Å². The molecule has 0 aromatic carbocycles. The fourth-order valence-corrected chi connectivity index (χ4v) is 0.916. The van der Waals surface area contributed by atoms with E-state index in [1.165, 1.54) is 0 Å². The zero-order valence-electron chi connectivity index (χ0n) is 7.96.